The normalized spacial score (nSPS) is 11.9. The zero-order chi connectivity index (χ0) is 20.4. The van der Waals surface area contributed by atoms with E-state index in [0.717, 1.165) is 21.7 Å². The van der Waals surface area contributed by atoms with Crippen molar-refractivity contribution in [1.82, 2.24) is 15.8 Å². The molecule has 0 saturated carbocycles. The molecular formula is C22H18ClN3O3. The van der Waals surface area contributed by atoms with E-state index in [0.29, 0.717) is 16.5 Å². The largest absolute Gasteiger partial charge is 0.481 e. The minimum Gasteiger partial charge on any atom is -0.481 e. The Kier molecular flexibility index (Phi) is 5.10. The van der Waals surface area contributed by atoms with Gasteiger partial charge in [0.25, 0.3) is 11.8 Å². The van der Waals surface area contributed by atoms with Gasteiger partial charge >= 0.3 is 0 Å². The van der Waals surface area contributed by atoms with Crippen LogP contribution in [0.5, 0.6) is 5.75 Å². The highest BCUT2D eigenvalue weighted by Crippen LogP contribution is 2.22. The van der Waals surface area contributed by atoms with Crippen molar-refractivity contribution in [2.24, 2.45) is 0 Å². The Bertz CT molecular complexity index is 1220. The van der Waals surface area contributed by atoms with E-state index in [4.69, 9.17) is 16.3 Å². The van der Waals surface area contributed by atoms with Gasteiger partial charge in [-0.1, -0.05) is 48.0 Å². The Morgan fingerprint density at radius 1 is 0.931 bits per heavy atom. The van der Waals surface area contributed by atoms with Crippen LogP contribution in [0.15, 0.2) is 66.7 Å². The molecule has 6 nitrogen and oxygen atoms in total. The second-order valence-electron chi connectivity index (χ2n) is 6.63. The minimum absolute atomic E-state index is 0.311. The zero-order valence-electron chi connectivity index (χ0n) is 15.5. The fourth-order valence-corrected chi connectivity index (χ4v) is 3.18. The first-order chi connectivity index (χ1) is 14.0. The molecule has 2 amide bonds. The van der Waals surface area contributed by atoms with Crippen molar-refractivity contribution in [3.05, 3.63) is 77.4 Å². The number of fused-ring (bicyclic) bond motifs is 2. The van der Waals surface area contributed by atoms with Crippen molar-refractivity contribution in [2.45, 2.75) is 13.0 Å². The Morgan fingerprint density at radius 3 is 2.52 bits per heavy atom. The van der Waals surface area contributed by atoms with Crippen molar-refractivity contribution in [3.63, 3.8) is 0 Å². The molecule has 4 aromatic rings. The molecule has 1 heterocycles. The molecule has 1 unspecified atom stereocenters. The lowest BCUT2D eigenvalue weighted by Crippen LogP contribution is -2.47. The summed E-state index contributed by atoms with van der Waals surface area (Å²) in [7, 11) is 0. The van der Waals surface area contributed by atoms with Gasteiger partial charge < -0.3 is 9.72 Å². The number of carbonyl (C=O) groups is 2. The predicted octanol–water partition coefficient (Wildman–Crippen LogP) is 4.20. The number of halogens is 1. The summed E-state index contributed by atoms with van der Waals surface area (Å²) >= 11 is 5.95. The topological polar surface area (TPSA) is 83.2 Å². The second-order valence-corrected chi connectivity index (χ2v) is 7.06. The molecular weight excluding hydrogens is 390 g/mol. The maximum atomic E-state index is 12.3. The number of hydrogen-bond acceptors (Lipinski definition) is 3. The molecule has 7 heteroatoms. The van der Waals surface area contributed by atoms with Crippen molar-refractivity contribution >= 4 is 45.1 Å². The number of amides is 2. The molecule has 0 bridgehead atoms. The van der Waals surface area contributed by atoms with Gasteiger partial charge in [-0.25, -0.2) is 0 Å². The van der Waals surface area contributed by atoms with Crippen LogP contribution in [0, 0.1) is 0 Å². The molecule has 0 aliphatic rings. The van der Waals surface area contributed by atoms with E-state index >= 15 is 0 Å². The smallest absolute Gasteiger partial charge is 0.286 e. The average Bonchev–Trinajstić information content (AvgIpc) is 3.15. The van der Waals surface area contributed by atoms with Crippen molar-refractivity contribution in [1.29, 1.82) is 0 Å². The first kappa shape index (κ1) is 18.8. The number of benzene rings is 3. The highest BCUT2D eigenvalue weighted by molar-refractivity contribution is 6.31. The molecule has 0 spiro atoms. The van der Waals surface area contributed by atoms with Crippen LogP contribution in [-0.2, 0) is 4.79 Å². The van der Waals surface area contributed by atoms with Crippen LogP contribution in [0.3, 0.4) is 0 Å². The summed E-state index contributed by atoms with van der Waals surface area (Å²) in [6.45, 7) is 1.61. The summed E-state index contributed by atoms with van der Waals surface area (Å²) in [6.07, 6.45) is -0.794. The maximum Gasteiger partial charge on any atom is 0.286 e. The van der Waals surface area contributed by atoms with E-state index in [9.17, 15) is 9.59 Å². The molecule has 0 fully saturated rings. The quantitative estimate of drug-likeness (QED) is 0.443. The lowest BCUT2D eigenvalue weighted by atomic mass is 10.1. The summed E-state index contributed by atoms with van der Waals surface area (Å²) in [6, 6.07) is 20.4. The highest BCUT2D eigenvalue weighted by atomic mass is 35.5. The fraction of sp³-hybridized carbons (Fsp3) is 0.0909. The van der Waals surface area contributed by atoms with Gasteiger partial charge in [-0.05, 0) is 48.0 Å². The summed E-state index contributed by atoms with van der Waals surface area (Å²) < 4.78 is 5.70. The van der Waals surface area contributed by atoms with Gasteiger partial charge in [0.1, 0.15) is 11.4 Å². The molecule has 1 atom stereocenters. The number of nitrogens with one attached hydrogen (secondary N) is 3. The number of rotatable bonds is 4. The van der Waals surface area contributed by atoms with Gasteiger partial charge in [0.15, 0.2) is 6.10 Å². The van der Waals surface area contributed by atoms with E-state index in [1.165, 1.54) is 0 Å². The Hall–Kier alpha value is -3.51. The Labute approximate surface area is 171 Å². The van der Waals surface area contributed by atoms with E-state index < -0.39 is 17.9 Å². The number of aromatic amines is 1. The average molecular weight is 408 g/mol. The highest BCUT2D eigenvalue weighted by Gasteiger charge is 2.17. The van der Waals surface area contributed by atoms with E-state index in [-0.39, 0.29) is 0 Å². The van der Waals surface area contributed by atoms with Gasteiger partial charge in [-0.3, -0.25) is 20.4 Å². The fourth-order valence-electron chi connectivity index (χ4n) is 3.01. The lowest BCUT2D eigenvalue weighted by molar-refractivity contribution is -0.128. The number of hydrazine groups is 1. The molecule has 3 aromatic carbocycles. The number of hydrogen-bond donors (Lipinski definition) is 3. The summed E-state index contributed by atoms with van der Waals surface area (Å²) in [5, 5.41) is 3.52. The second kappa shape index (κ2) is 7.85. The van der Waals surface area contributed by atoms with Gasteiger partial charge in [0, 0.05) is 15.9 Å². The first-order valence-electron chi connectivity index (χ1n) is 9.03. The van der Waals surface area contributed by atoms with Gasteiger partial charge in [0.05, 0.1) is 0 Å². The number of carbonyl (C=O) groups excluding carboxylic acids is 2. The van der Waals surface area contributed by atoms with Gasteiger partial charge in [-0.2, -0.15) is 0 Å². The summed E-state index contributed by atoms with van der Waals surface area (Å²) in [4.78, 5) is 27.6. The molecule has 3 N–H and O–H groups in total. The van der Waals surface area contributed by atoms with Crippen LogP contribution < -0.4 is 15.6 Å². The van der Waals surface area contributed by atoms with E-state index in [1.54, 1.807) is 31.2 Å². The molecule has 1 aromatic heterocycles. The van der Waals surface area contributed by atoms with Crippen LogP contribution >= 0.6 is 11.6 Å². The summed E-state index contributed by atoms with van der Waals surface area (Å²) in [5.74, 6) is -0.362. The Balaban J connectivity index is 1.36. The standard InChI is InChI=1S/C22H18ClN3O3/c1-13(29-18-9-7-14-4-2-3-5-15(14)10-18)21(27)25-26-22(28)20-11-16-6-8-17(23)12-19(16)24-20/h2-13,24H,1H3,(H,25,27)(H,26,28). The summed E-state index contributed by atoms with van der Waals surface area (Å²) in [5.41, 5.74) is 5.82. The van der Waals surface area contributed by atoms with Crippen LogP contribution in [0.25, 0.3) is 21.7 Å². The SMILES string of the molecule is CC(Oc1ccc2ccccc2c1)C(=O)NNC(=O)c1cc2ccc(Cl)cc2[nH]1. The van der Waals surface area contributed by atoms with Crippen LogP contribution in [0.1, 0.15) is 17.4 Å². The van der Waals surface area contributed by atoms with Crippen molar-refractivity contribution < 1.29 is 14.3 Å². The maximum absolute atomic E-state index is 12.3. The molecule has 0 saturated heterocycles. The van der Waals surface area contributed by atoms with E-state index in [2.05, 4.69) is 15.8 Å². The third kappa shape index (κ3) is 4.17. The van der Waals surface area contributed by atoms with Gasteiger partial charge in [-0.15, -0.1) is 0 Å². The third-order valence-electron chi connectivity index (χ3n) is 4.53. The van der Waals surface area contributed by atoms with Crippen LogP contribution in [-0.4, -0.2) is 22.9 Å². The molecule has 146 valence electrons. The van der Waals surface area contributed by atoms with Crippen LogP contribution in [0.4, 0.5) is 0 Å². The third-order valence-corrected chi connectivity index (χ3v) is 4.77. The van der Waals surface area contributed by atoms with E-state index in [1.807, 2.05) is 42.5 Å². The van der Waals surface area contributed by atoms with Crippen molar-refractivity contribution in [2.75, 3.05) is 0 Å². The van der Waals surface area contributed by atoms with Crippen molar-refractivity contribution in [3.8, 4) is 5.75 Å². The van der Waals surface area contributed by atoms with Crippen LogP contribution in [0.2, 0.25) is 5.02 Å². The first-order valence-corrected chi connectivity index (χ1v) is 9.41. The number of ether oxygens (including phenoxy) is 1. The minimum atomic E-state index is -0.794. The molecule has 0 radical (unpaired) electrons. The molecule has 0 aliphatic heterocycles. The monoisotopic (exact) mass is 407 g/mol. The zero-order valence-corrected chi connectivity index (χ0v) is 16.3. The lowest BCUT2D eigenvalue weighted by Gasteiger charge is -2.15. The predicted molar refractivity (Wildman–Crippen MR) is 113 cm³/mol. The molecule has 0 aliphatic carbocycles. The number of aromatic nitrogens is 1. The molecule has 29 heavy (non-hydrogen) atoms. The molecule has 4 rings (SSSR count). The van der Waals surface area contributed by atoms with Gasteiger partial charge in [0.2, 0.25) is 0 Å². The Morgan fingerprint density at radius 2 is 1.69 bits per heavy atom. The number of H-pyrrole nitrogens is 1.